The van der Waals surface area contributed by atoms with Crippen LogP contribution in [0.2, 0.25) is 0 Å². The van der Waals surface area contributed by atoms with Crippen LogP contribution < -0.4 is 0 Å². The molecule has 0 amide bonds. The number of fused-ring (bicyclic) bond motifs is 1. The SMILES string of the molecule is COOSc1nccc(-c2ccc3c(c2)ncn3-c2ccccc2)n1. The predicted octanol–water partition coefficient (Wildman–Crippen LogP) is 4.07. The fraction of sp³-hybridized carbons (Fsp3) is 0.0556. The van der Waals surface area contributed by atoms with E-state index in [1.807, 2.05) is 48.8 Å². The second-order valence-electron chi connectivity index (χ2n) is 5.20. The Morgan fingerprint density at radius 3 is 2.72 bits per heavy atom. The third-order valence-electron chi connectivity index (χ3n) is 3.69. The molecule has 7 heteroatoms. The molecular formula is C18H14N4O2S. The molecule has 0 atom stereocenters. The molecule has 0 spiro atoms. The van der Waals surface area contributed by atoms with Gasteiger partial charge in [-0.2, -0.15) is 4.33 Å². The summed E-state index contributed by atoms with van der Waals surface area (Å²) in [4.78, 5) is 17.7. The van der Waals surface area contributed by atoms with E-state index < -0.39 is 0 Å². The minimum absolute atomic E-state index is 0.481. The molecule has 124 valence electrons. The van der Waals surface area contributed by atoms with Crippen LogP contribution in [0.3, 0.4) is 0 Å². The lowest BCUT2D eigenvalue weighted by Gasteiger charge is -2.05. The molecule has 25 heavy (non-hydrogen) atoms. The first-order valence-electron chi connectivity index (χ1n) is 7.58. The maximum atomic E-state index is 4.81. The molecule has 0 bridgehead atoms. The molecule has 0 aliphatic carbocycles. The van der Waals surface area contributed by atoms with Crippen molar-refractivity contribution in [3.63, 3.8) is 0 Å². The van der Waals surface area contributed by atoms with Crippen LogP contribution in [0.1, 0.15) is 0 Å². The van der Waals surface area contributed by atoms with E-state index in [1.165, 1.54) is 7.11 Å². The zero-order valence-corrected chi connectivity index (χ0v) is 14.2. The quantitative estimate of drug-likeness (QED) is 0.234. The van der Waals surface area contributed by atoms with Gasteiger partial charge < -0.3 is 0 Å². The number of hydrogen-bond acceptors (Lipinski definition) is 6. The van der Waals surface area contributed by atoms with E-state index in [1.54, 1.807) is 6.20 Å². The van der Waals surface area contributed by atoms with Crippen molar-refractivity contribution in [1.82, 2.24) is 19.5 Å². The van der Waals surface area contributed by atoms with Gasteiger partial charge in [0.1, 0.15) is 18.4 Å². The van der Waals surface area contributed by atoms with Gasteiger partial charge in [-0.05, 0) is 30.3 Å². The van der Waals surface area contributed by atoms with E-state index in [-0.39, 0.29) is 0 Å². The van der Waals surface area contributed by atoms with Gasteiger partial charge in [-0.1, -0.05) is 24.3 Å². The molecule has 4 rings (SSSR count). The maximum Gasteiger partial charge on any atom is 0.218 e. The highest BCUT2D eigenvalue weighted by Crippen LogP contribution is 2.25. The van der Waals surface area contributed by atoms with Crippen molar-refractivity contribution in [1.29, 1.82) is 0 Å². The molecule has 2 heterocycles. The summed E-state index contributed by atoms with van der Waals surface area (Å²) in [5.41, 5.74) is 4.79. The highest BCUT2D eigenvalue weighted by atomic mass is 32.2. The van der Waals surface area contributed by atoms with Gasteiger partial charge in [0.25, 0.3) is 0 Å². The average molecular weight is 350 g/mol. The molecule has 0 aliphatic heterocycles. The predicted molar refractivity (Wildman–Crippen MR) is 96.0 cm³/mol. The topological polar surface area (TPSA) is 62.1 Å². The van der Waals surface area contributed by atoms with Crippen molar-refractivity contribution in [3.05, 3.63) is 67.1 Å². The lowest BCUT2D eigenvalue weighted by molar-refractivity contribution is -0.160. The van der Waals surface area contributed by atoms with Crippen molar-refractivity contribution in [3.8, 4) is 16.9 Å². The normalized spacial score (nSPS) is 11.1. The lowest BCUT2D eigenvalue weighted by atomic mass is 10.1. The van der Waals surface area contributed by atoms with Gasteiger partial charge in [0.05, 0.1) is 23.8 Å². The summed E-state index contributed by atoms with van der Waals surface area (Å²) in [6.45, 7) is 0. The fourth-order valence-electron chi connectivity index (χ4n) is 2.57. The van der Waals surface area contributed by atoms with Crippen LogP contribution in [-0.4, -0.2) is 26.6 Å². The van der Waals surface area contributed by atoms with Crippen molar-refractivity contribution < 1.29 is 9.22 Å². The summed E-state index contributed by atoms with van der Waals surface area (Å²) < 4.78 is 6.87. The summed E-state index contributed by atoms with van der Waals surface area (Å²) in [6, 6.07) is 18.1. The molecule has 2 aromatic heterocycles. The molecule has 0 fully saturated rings. The first-order valence-corrected chi connectivity index (χ1v) is 8.32. The number of benzene rings is 2. The van der Waals surface area contributed by atoms with Crippen LogP contribution in [0.15, 0.2) is 72.3 Å². The number of aromatic nitrogens is 4. The molecule has 0 aliphatic rings. The molecule has 0 N–H and O–H groups in total. The zero-order chi connectivity index (χ0) is 17.1. The Labute approximate surface area is 148 Å². The smallest absolute Gasteiger partial charge is 0.218 e. The average Bonchev–Trinajstić information content (AvgIpc) is 3.10. The van der Waals surface area contributed by atoms with Crippen LogP contribution in [-0.2, 0) is 9.22 Å². The summed E-state index contributed by atoms with van der Waals surface area (Å²) >= 11 is 0.970. The van der Waals surface area contributed by atoms with Crippen molar-refractivity contribution in [2.24, 2.45) is 0 Å². The summed E-state index contributed by atoms with van der Waals surface area (Å²) in [5.74, 6) is 0. The van der Waals surface area contributed by atoms with Gasteiger partial charge in [0, 0.05) is 17.4 Å². The summed E-state index contributed by atoms with van der Waals surface area (Å²) in [7, 11) is 1.44. The monoisotopic (exact) mass is 350 g/mol. The van der Waals surface area contributed by atoms with Gasteiger partial charge in [-0.15, -0.1) is 0 Å². The van der Waals surface area contributed by atoms with Crippen LogP contribution in [0.5, 0.6) is 0 Å². The Hall–Kier alpha value is -2.74. The van der Waals surface area contributed by atoms with E-state index in [9.17, 15) is 0 Å². The van der Waals surface area contributed by atoms with Crippen LogP contribution in [0.4, 0.5) is 0 Å². The molecule has 0 saturated carbocycles. The van der Waals surface area contributed by atoms with Crippen LogP contribution >= 0.6 is 12.0 Å². The number of para-hydroxylation sites is 1. The van der Waals surface area contributed by atoms with E-state index in [0.717, 1.165) is 40.0 Å². The van der Waals surface area contributed by atoms with Crippen LogP contribution in [0.25, 0.3) is 28.0 Å². The molecular weight excluding hydrogens is 336 g/mol. The van der Waals surface area contributed by atoms with Gasteiger partial charge in [-0.3, -0.25) is 4.57 Å². The van der Waals surface area contributed by atoms with Gasteiger partial charge in [-0.25, -0.2) is 19.8 Å². The zero-order valence-electron chi connectivity index (χ0n) is 13.4. The lowest BCUT2D eigenvalue weighted by Crippen LogP contribution is -1.92. The Morgan fingerprint density at radius 2 is 1.88 bits per heavy atom. The van der Waals surface area contributed by atoms with Crippen LogP contribution in [0, 0.1) is 0 Å². The first-order chi connectivity index (χ1) is 12.3. The molecule has 2 aromatic carbocycles. The van der Waals surface area contributed by atoms with E-state index in [0.29, 0.717) is 5.16 Å². The van der Waals surface area contributed by atoms with E-state index >= 15 is 0 Å². The second-order valence-corrected chi connectivity index (χ2v) is 5.86. The van der Waals surface area contributed by atoms with Crippen molar-refractivity contribution in [2.45, 2.75) is 5.16 Å². The minimum Gasteiger partial charge on any atom is -0.299 e. The maximum absolute atomic E-state index is 4.81. The fourth-order valence-corrected chi connectivity index (χ4v) is 2.94. The Kier molecular flexibility index (Phi) is 4.43. The highest BCUT2D eigenvalue weighted by Gasteiger charge is 2.08. The number of imidazole rings is 1. The van der Waals surface area contributed by atoms with Gasteiger partial charge >= 0.3 is 0 Å². The number of nitrogens with zero attached hydrogens (tertiary/aromatic N) is 4. The standard InChI is InChI=1S/C18H14N4O2S/c1-23-24-25-18-19-10-9-15(21-18)13-7-8-17-16(11-13)20-12-22(17)14-5-3-2-4-6-14/h2-12H,1H3. The molecule has 0 radical (unpaired) electrons. The third-order valence-corrected chi connectivity index (χ3v) is 4.24. The highest BCUT2D eigenvalue weighted by molar-refractivity contribution is 7.94. The minimum atomic E-state index is 0.481. The molecule has 6 nitrogen and oxygen atoms in total. The summed E-state index contributed by atoms with van der Waals surface area (Å²) in [6.07, 6.45) is 3.52. The van der Waals surface area contributed by atoms with Gasteiger partial charge in [0.2, 0.25) is 5.16 Å². The Morgan fingerprint density at radius 1 is 1.00 bits per heavy atom. The first kappa shape index (κ1) is 15.8. The molecule has 4 aromatic rings. The molecule has 0 saturated heterocycles. The largest absolute Gasteiger partial charge is 0.299 e. The van der Waals surface area contributed by atoms with E-state index in [2.05, 4.69) is 36.5 Å². The van der Waals surface area contributed by atoms with Crippen molar-refractivity contribution in [2.75, 3.05) is 7.11 Å². The Balaban J connectivity index is 1.71. The van der Waals surface area contributed by atoms with Crippen molar-refractivity contribution >= 4 is 23.1 Å². The molecule has 0 unspecified atom stereocenters. The second kappa shape index (κ2) is 7.02. The Bertz CT molecular complexity index is 1000. The van der Waals surface area contributed by atoms with Gasteiger partial charge in [0.15, 0.2) is 0 Å². The summed E-state index contributed by atoms with van der Waals surface area (Å²) in [5, 5.41) is 0.481. The van der Waals surface area contributed by atoms with E-state index in [4.69, 9.17) is 4.33 Å². The third kappa shape index (κ3) is 3.25. The number of hydrogen-bond donors (Lipinski definition) is 0. The number of rotatable bonds is 5.